The van der Waals surface area contributed by atoms with Gasteiger partial charge >= 0.3 is 5.97 Å². The highest BCUT2D eigenvalue weighted by Gasteiger charge is 2.22. The number of azide groups is 1. The van der Waals surface area contributed by atoms with Crippen LogP contribution in [0.1, 0.15) is 33.6 Å². The Morgan fingerprint density at radius 3 is 2.64 bits per heavy atom. The van der Waals surface area contributed by atoms with Crippen LogP contribution in [0.2, 0.25) is 0 Å². The maximum Gasteiger partial charge on any atom is 0.323 e. The second-order valence-electron chi connectivity index (χ2n) is 5.60. The number of esters is 1. The summed E-state index contributed by atoms with van der Waals surface area (Å²) in [5.41, 5.74) is 13.1. The number of carbonyl (C=O) groups is 2. The smallest absolute Gasteiger partial charge is 0.323 e. The second kappa shape index (κ2) is 10.8. The molecule has 0 unspecified atom stereocenters. The fourth-order valence-corrected chi connectivity index (χ4v) is 1.39. The molecule has 0 radical (unpaired) electrons. The Kier molecular flexibility index (Phi) is 9.93. The van der Waals surface area contributed by atoms with E-state index in [-0.39, 0.29) is 25.3 Å². The predicted octanol–water partition coefficient (Wildman–Crippen LogP) is 0.879. The van der Waals surface area contributed by atoms with Gasteiger partial charge in [-0.05, 0) is 32.7 Å². The van der Waals surface area contributed by atoms with Crippen molar-refractivity contribution in [3.63, 3.8) is 0 Å². The molecule has 0 rings (SSSR count). The van der Waals surface area contributed by atoms with Crippen LogP contribution in [-0.4, -0.2) is 49.8 Å². The fraction of sp³-hybridized carbons (Fsp3) is 0.846. The average molecular weight is 315 g/mol. The van der Waals surface area contributed by atoms with E-state index in [1.807, 2.05) is 0 Å². The van der Waals surface area contributed by atoms with E-state index in [2.05, 4.69) is 15.3 Å². The lowest BCUT2D eigenvalue weighted by molar-refractivity contribution is -0.156. The number of amides is 1. The number of carbonyl (C=O) groups excluding carboxylic acids is 2. The van der Waals surface area contributed by atoms with Crippen LogP contribution in [0, 0.1) is 0 Å². The maximum atomic E-state index is 11.6. The van der Waals surface area contributed by atoms with Gasteiger partial charge in [-0.2, -0.15) is 0 Å². The van der Waals surface area contributed by atoms with Crippen molar-refractivity contribution >= 4 is 11.9 Å². The topological polar surface area (TPSA) is 139 Å². The highest BCUT2D eigenvalue weighted by molar-refractivity contribution is 5.79. The molecule has 126 valence electrons. The molecule has 0 saturated heterocycles. The number of hydrogen-bond acceptors (Lipinski definition) is 6. The lowest BCUT2D eigenvalue weighted by atomic mass is 10.1. The molecule has 0 heterocycles. The molecule has 9 nitrogen and oxygen atoms in total. The highest BCUT2D eigenvalue weighted by Crippen LogP contribution is 2.09. The minimum absolute atomic E-state index is 0.138. The second-order valence-corrected chi connectivity index (χ2v) is 5.60. The zero-order valence-corrected chi connectivity index (χ0v) is 13.4. The average Bonchev–Trinajstić information content (AvgIpc) is 2.41. The Labute approximate surface area is 130 Å². The summed E-state index contributed by atoms with van der Waals surface area (Å²) in [4.78, 5) is 25.8. The Balaban J connectivity index is 3.72. The van der Waals surface area contributed by atoms with Gasteiger partial charge in [-0.3, -0.25) is 9.59 Å². The van der Waals surface area contributed by atoms with Crippen molar-refractivity contribution in [2.45, 2.75) is 45.3 Å². The Morgan fingerprint density at radius 1 is 1.36 bits per heavy atom. The van der Waals surface area contributed by atoms with E-state index in [0.717, 1.165) is 0 Å². The number of nitrogens with two attached hydrogens (primary N) is 1. The minimum atomic E-state index is -0.815. The summed E-state index contributed by atoms with van der Waals surface area (Å²) in [6.45, 7) is 6.50. The van der Waals surface area contributed by atoms with Gasteiger partial charge in [-0.1, -0.05) is 5.11 Å². The van der Waals surface area contributed by atoms with E-state index in [1.54, 1.807) is 20.8 Å². The van der Waals surface area contributed by atoms with Crippen LogP contribution in [0.25, 0.3) is 10.4 Å². The molecule has 0 saturated carbocycles. The third kappa shape index (κ3) is 12.0. The maximum absolute atomic E-state index is 11.6. The zero-order valence-electron chi connectivity index (χ0n) is 13.4. The SMILES string of the molecule is CC(C)(C)OC(=O)[C@@H](N)CCC(=O)NCCOCCN=[N+]=[N-]. The molecule has 0 aliphatic heterocycles. The summed E-state index contributed by atoms with van der Waals surface area (Å²) in [6.07, 6.45) is 0.359. The molecular weight excluding hydrogens is 290 g/mol. The lowest BCUT2D eigenvalue weighted by Gasteiger charge is -2.22. The molecule has 9 heteroatoms. The summed E-state index contributed by atoms with van der Waals surface area (Å²) in [6, 6.07) is -0.815. The third-order valence-corrected chi connectivity index (χ3v) is 2.36. The molecule has 0 aliphatic rings. The molecule has 0 aromatic heterocycles. The van der Waals surface area contributed by atoms with Gasteiger partial charge in [0.05, 0.1) is 13.2 Å². The van der Waals surface area contributed by atoms with Crippen LogP contribution in [0.5, 0.6) is 0 Å². The van der Waals surface area contributed by atoms with Crippen molar-refractivity contribution in [2.75, 3.05) is 26.3 Å². The minimum Gasteiger partial charge on any atom is -0.459 e. The largest absolute Gasteiger partial charge is 0.459 e. The quantitative estimate of drug-likeness (QED) is 0.202. The monoisotopic (exact) mass is 315 g/mol. The van der Waals surface area contributed by atoms with Crippen molar-refractivity contribution < 1.29 is 19.1 Å². The van der Waals surface area contributed by atoms with Crippen LogP contribution in [0.4, 0.5) is 0 Å². The summed E-state index contributed by atoms with van der Waals surface area (Å²) in [7, 11) is 0. The van der Waals surface area contributed by atoms with Crippen LogP contribution in [0.3, 0.4) is 0 Å². The van der Waals surface area contributed by atoms with E-state index in [4.69, 9.17) is 20.7 Å². The molecule has 1 atom stereocenters. The summed E-state index contributed by atoms with van der Waals surface area (Å²) >= 11 is 0. The predicted molar refractivity (Wildman–Crippen MR) is 80.9 cm³/mol. The highest BCUT2D eigenvalue weighted by atomic mass is 16.6. The zero-order chi connectivity index (χ0) is 17.0. The van der Waals surface area contributed by atoms with Gasteiger partial charge < -0.3 is 20.5 Å². The number of hydrogen-bond donors (Lipinski definition) is 2. The van der Waals surface area contributed by atoms with Crippen LogP contribution < -0.4 is 11.1 Å². The third-order valence-electron chi connectivity index (χ3n) is 2.36. The molecule has 0 spiro atoms. The first-order chi connectivity index (χ1) is 10.3. The fourth-order valence-electron chi connectivity index (χ4n) is 1.39. The van der Waals surface area contributed by atoms with Crippen molar-refractivity contribution in [2.24, 2.45) is 10.8 Å². The Bertz CT molecular complexity index is 402. The molecular formula is C13H25N5O4. The van der Waals surface area contributed by atoms with Crippen LogP contribution in [0.15, 0.2) is 5.11 Å². The van der Waals surface area contributed by atoms with Gasteiger partial charge in [0.25, 0.3) is 0 Å². The Morgan fingerprint density at radius 2 is 2.05 bits per heavy atom. The molecule has 22 heavy (non-hydrogen) atoms. The normalized spacial score (nSPS) is 12.2. The van der Waals surface area contributed by atoms with E-state index in [9.17, 15) is 9.59 Å². The molecule has 0 bridgehead atoms. The van der Waals surface area contributed by atoms with Gasteiger partial charge in [-0.15, -0.1) is 0 Å². The number of nitrogens with zero attached hydrogens (tertiary/aromatic N) is 3. The molecule has 0 aliphatic carbocycles. The van der Waals surface area contributed by atoms with Crippen LogP contribution in [-0.2, 0) is 19.1 Å². The van der Waals surface area contributed by atoms with E-state index < -0.39 is 17.6 Å². The number of nitrogens with one attached hydrogen (secondary N) is 1. The van der Waals surface area contributed by atoms with E-state index in [0.29, 0.717) is 19.8 Å². The van der Waals surface area contributed by atoms with Gasteiger partial charge in [0, 0.05) is 24.4 Å². The van der Waals surface area contributed by atoms with Crippen molar-refractivity contribution in [3.05, 3.63) is 10.4 Å². The van der Waals surface area contributed by atoms with Crippen molar-refractivity contribution in [1.82, 2.24) is 5.32 Å². The number of rotatable bonds is 10. The lowest BCUT2D eigenvalue weighted by Crippen LogP contribution is -2.38. The van der Waals surface area contributed by atoms with Crippen molar-refractivity contribution in [3.8, 4) is 0 Å². The van der Waals surface area contributed by atoms with Gasteiger partial charge in [0.15, 0.2) is 0 Å². The first-order valence-electron chi connectivity index (χ1n) is 7.10. The molecule has 0 aromatic carbocycles. The van der Waals surface area contributed by atoms with Gasteiger partial charge in [0.2, 0.25) is 5.91 Å². The standard InChI is InChI=1S/C13H25N5O4/c1-13(2,3)22-12(20)10(14)4-5-11(19)16-6-8-21-9-7-17-18-15/h10H,4-9,14H2,1-3H3,(H,16,19)/t10-/m0/s1. The van der Waals surface area contributed by atoms with Gasteiger partial charge in [0.1, 0.15) is 11.6 Å². The molecule has 1 amide bonds. The number of ether oxygens (including phenoxy) is 2. The molecule has 3 N–H and O–H groups in total. The summed E-state index contributed by atoms with van der Waals surface area (Å²) in [5.74, 6) is -0.723. The van der Waals surface area contributed by atoms with E-state index in [1.165, 1.54) is 0 Å². The van der Waals surface area contributed by atoms with Gasteiger partial charge in [-0.25, -0.2) is 0 Å². The molecule has 0 aromatic rings. The Hall–Kier alpha value is -1.83. The van der Waals surface area contributed by atoms with Crippen LogP contribution >= 0.6 is 0 Å². The van der Waals surface area contributed by atoms with E-state index >= 15 is 0 Å². The summed E-state index contributed by atoms with van der Waals surface area (Å²) in [5, 5.41) is 5.95. The molecule has 0 fully saturated rings. The summed E-state index contributed by atoms with van der Waals surface area (Å²) < 4.78 is 10.3. The first kappa shape index (κ1) is 20.2. The first-order valence-corrected chi connectivity index (χ1v) is 7.10. The van der Waals surface area contributed by atoms with Crippen molar-refractivity contribution in [1.29, 1.82) is 0 Å².